The number of amides is 2. The van der Waals surface area contributed by atoms with Crippen LogP contribution in [-0.4, -0.2) is 33.2 Å². The molecule has 2 aromatic heterocycles. The van der Waals surface area contributed by atoms with E-state index in [1.54, 1.807) is 42.7 Å². The van der Waals surface area contributed by atoms with Crippen molar-refractivity contribution >= 4 is 23.6 Å². The zero-order valence-electron chi connectivity index (χ0n) is 19.0. The summed E-state index contributed by atoms with van der Waals surface area (Å²) in [5.41, 5.74) is 9.27. The molecule has 2 heterocycles. The number of carbonyl (C=O) groups is 2. The van der Waals surface area contributed by atoms with E-state index in [4.69, 9.17) is 15.6 Å². The van der Waals surface area contributed by atoms with Crippen molar-refractivity contribution in [1.29, 1.82) is 0 Å². The topological polar surface area (TPSA) is 112 Å². The van der Waals surface area contributed by atoms with Crippen LogP contribution >= 0.6 is 0 Å². The van der Waals surface area contributed by atoms with Crippen LogP contribution in [0.1, 0.15) is 17.5 Å². The number of hydrogen-bond acceptors (Lipinski definition) is 5. The van der Waals surface area contributed by atoms with Gasteiger partial charge < -0.3 is 15.8 Å². The minimum atomic E-state index is -0.419. The first kappa shape index (κ1) is 23.4. The van der Waals surface area contributed by atoms with Gasteiger partial charge in [-0.2, -0.15) is 5.10 Å². The highest BCUT2D eigenvalue weighted by Gasteiger charge is 2.10. The number of nitrogens with one attached hydrogen (secondary N) is 1. The SMILES string of the molecule is NC(=O)CCOc1ccc(NC(=O)/C=C/c2cn(Cc3ccccc3)nc2-c2cccnc2)cc1. The average Bonchev–Trinajstić information content (AvgIpc) is 3.27. The molecule has 8 heteroatoms. The van der Waals surface area contributed by atoms with Crippen molar-refractivity contribution in [3.63, 3.8) is 0 Å². The lowest BCUT2D eigenvalue weighted by Gasteiger charge is -2.06. The third kappa shape index (κ3) is 6.88. The third-order valence-corrected chi connectivity index (χ3v) is 5.07. The first-order valence-corrected chi connectivity index (χ1v) is 11.1. The molecule has 0 radical (unpaired) electrons. The van der Waals surface area contributed by atoms with Gasteiger partial charge in [0.25, 0.3) is 0 Å². The lowest BCUT2D eigenvalue weighted by atomic mass is 10.1. The van der Waals surface area contributed by atoms with Crippen LogP contribution < -0.4 is 15.8 Å². The number of hydrogen-bond donors (Lipinski definition) is 2. The van der Waals surface area contributed by atoms with Gasteiger partial charge in [0, 0.05) is 41.5 Å². The molecule has 0 bridgehead atoms. The monoisotopic (exact) mass is 467 g/mol. The fourth-order valence-corrected chi connectivity index (χ4v) is 3.39. The van der Waals surface area contributed by atoms with Crippen molar-refractivity contribution in [1.82, 2.24) is 14.8 Å². The van der Waals surface area contributed by atoms with Crippen LogP contribution in [0.3, 0.4) is 0 Å². The van der Waals surface area contributed by atoms with Crippen LogP contribution in [0.25, 0.3) is 17.3 Å². The summed E-state index contributed by atoms with van der Waals surface area (Å²) in [6.45, 7) is 0.822. The van der Waals surface area contributed by atoms with Crippen LogP contribution in [0.2, 0.25) is 0 Å². The van der Waals surface area contributed by atoms with Gasteiger partial charge in [-0.1, -0.05) is 30.3 Å². The van der Waals surface area contributed by atoms with E-state index in [1.165, 1.54) is 6.08 Å². The quantitative estimate of drug-likeness (QED) is 0.344. The summed E-state index contributed by atoms with van der Waals surface area (Å²) < 4.78 is 7.29. The van der Waals surface area contributed by atoms with Crippen LogP contribution in [0, 0.1) is 0 Å². The van der Waals surface area contributed by atoms with Crippen molar-refractivity contribution in [3.05, 3.63) is 103 Å². The Bertz CT molecular complexity index is 1300. The molecule has 176 valence electrons. The lowest BCUT2D eigenvalue weighted by molar-refractivity contribution is -0.118. The molecule has 3 N–H and O–H groups in total. The molecule has 4 rings (SSSR count). The van der Waals surface area contributed by atoms with E-state index in [2.05, 4.69) is 10.3 Å². The Morgan fingerprint density at radius 3 is 2.54 bits per heavy atom. The number of benzene rings is 2. The zero-order chi connectivity index (χ0) is 24.5. The molecule has 2 aromatic carbocycles. The van der Waals surface area contributed by atoms with Crippen LogP contribution in [0.4, 0.5) is 5.69 Å². The highest BCUT2D eigenvalue weighted by molar-refractivity contribution is 6.02. The largest absolute Gasteiger partial charge is 0.493 e. The van der Waals surface area contributed by atoms with Crippen molar-refractivity contribution in [2.24, 2.45) is 5.73 Å². The predicted molar refractivity (Wildman–Crippen MR) is 134 cm³/mol. The van der Waals surface area contributed by atoms with E-state index in [-0.39, 0.29) is 18.9 Å². The molecule has 0 saturated carbocycles. The van der Waals surface area contributed by atoms with E-state index in [0.717, 1.165) is 22.4 Å². The second kappa shape index (κ2) is 11.4. The summed E-state index contributed by atoms with van der Waals surface area (Å²) >= 11 is 0. The van der Waals surface area contributed by atoms with Gasteiger partial charge in [-0.15, -0.1) is 0 Å². The van der Waals surface area contributed by atoms with E-state index in [9.17, 15) is 9.59 Å². The Balaban J connectivity index is 1.45. The minimum Gasteiger partial charge on any atom is -0.493 e. The Kier molecular flexibility index (Phi) is 7.65. The van der Waals surface area contributed by atoms with Crippen LogP contribution in [0.5, 0.6) is 5.75 Å². The molecular formula is C27H25N5O3. The smallest absolute Gasteiger partial charge is 0.248 e. The maximum atomic E-state index is 12.5. The fourth-order valence-electron chi connectivity index (χ4n) is 3.39. The first-order chi connectivity index (χ1) is 17.1. The molecule has 35 heavy (non-hydrogen) atoms. The molecule has 0 unspecified atom stereocenters. The summed E-state index contributed by atoms with van der Waals surface area (Å²) in [5.74, 6) is -0.106. The fraction of sp³-hybridized carbons (Fsp3) is 0.111. The Hall–Kier alpha value is -4.72. The van der Waals surface area contributed by atoms with Crippen molar-refractivity contribution < 1.29 is 14.3 Å². The number of pyridine rings is 1. The van der Waals surface area contributed by atoms with Gasteiger partial charge >= 0.3 is 0 Å². The molecule has 0 saturated heterocycles. The Labute approximate surface area is 203 Å². The standard InChI is InChI=1S/C27H25N5O3/c28-25(33)14-16-35-24-11-9-23(10-12-24)30-26(34)13-8-22-19-32(18-20-5-2-1-3-6-20)31-27(22)21-7-4-15-29-17-21/h1-13,15,17,19H,14,16,18H2,(H2,28,33)(H,30,34)/b13-8+. The summed E-state index contributed by atoms with van der Waals surface area (Å²) in [6, 6.07) is 20.7. The molecule has 0 aliphatic heterocycles. The van der Waals surface area contributed by atoms with Crippen molar-refractivity contribution in [2.75, 3.05) is 11.9 Å². The first-order valence-electron chi connectivity index (χ1n) is 11.1. The number of nitrogens with zero attached hydrogens (tertiary/aromatic N) is 3. The number of ether oxygens (including phenoxy) is 1. The molecule has 2 amide bonds. The summed E-state index contributed by atoms with van der Waals surface area (Å²) in [7, 11) is 0. The summed E-state index contributed by atoms with van der Waals surface area (Å²) in [5, 5.41) is 7.56. The molecule has 8 nitrogen and oxygen atoms in total. The van der Waals surface area contributed by atoms with Gasteiger partial charge in [0.15, 0.2) is 0 Å². The number of anilines is 1. The summed E-state index contributed by atoms with van der Waals surface area (Å²) in [6.07, 6.45) is 8.74. The van der Waals surface area contributed by atoms with Gasteiger partial charge in [-0.05, 0) is 48.0 Å². The van der Waals surface area contributed by atoms with Gasteiger partial charge in [-0.3, -0.25) is 19.3 Å². The predicted octanol–water partition coefficient (Wildman–Crippen LogP) is 3.90. The number of primary amides is 1. The van der Waals surface area contributed by atoms with E-state index in [1.807, 2.05) is 53.3 Å². The molecule has 0 fully saturated rings. The Morgan fingerprint density at radius 2 is 1.83 bits per heavy atom. The number of carbonyl (C=O) groups excluding carboxylic acids is 2. The van der Waals surface area contributed by atoms with Crippen molar-refractivity contribution in [3.8, 4) is 17.0 Å². The molecule has 0 aliphatic rings. The second-order valence-electron chi connectivity index (χ2n) is 7.77. The van der Waals surface area contributed by atoms with Gasteiger partial charge in [0.2, 0.25) is 11.8 Å². The molecular weight excluding hydrogens is 442 g/mol. The Morgan fingerprint density at radius 1 is 1.03 bits per heavy atom. The molecule has 0 atom stereocenters. The second-order valence-corrected chi connectivity index (χ2v) is 7.77. The van der Waals surface area contributed by atoms with E-state index < -0.39 is 5.91 Å². The molecule has 0 spiro atoms. The normalized spacial score (nSPS) is 10.9. The maximum Gasteiger partial charge on any atom is 0.248 e. The summed E-state index contributed by atoms with van der Waals surface area (Å²) in [4.78, 5) is 27.5. The van der Waals surface area contributed by atoms with Crippen LogP contribution in [-0.2, 0) is 16.1 Å². The van der Waals surface area contributed by atoms with E-state index >= 15 is 0 Å². The molecule has 0 aliphatic carbocycles. The van der Waals surface area contributed by atoms with Crippen molar-refractivity contribution in [2.45, 2.75) is 13.0 Å². The average molecular weight is 468 g/mol. The maximum absolute atomic E-state index is 12.5. The van der Waals surface area contributed by atoms with Crippen LogP contribution in [0.15, 0.2) is 91.4 Å². The van der Waals surface area contributed by atoms with Gasteiger partial charge in [0.05, 0.1) is 19.6 Å². The molecule has 4 aromatic rings. The number of rotatable bonds is 10. The van der Waals surface area contributed by atoms with Gasteiger partial charge in [0.1, 0.15) is 11.4 Å². The highest BCUT2D eigenvalue weighted by atomic mass is 16.5. The lowest BCUT2D eigenvalue weighted by Crippen LogP contribution is -2.14. The number of aromatic nitrogens is 3. The van der Waals surface area contributed by atoms with Gasteiger partial charge in [-0.25, -0.2) is 0 Å². The van der Waals surface area contributed by atoms with E-state index in [0.29, 0.717) is 18.0 Å². The number of nitrogens with two attached hydrogens (primary N) is 1. The highest BCUT2D eigenvalue weighted by Crippen LogP contribution is 2.23. The zero-order valence-corrected chi connectivity index (χ0v) is 19.0. The minimum absolute atomic E-state index is 0.145. The third-order valence-electron chi connectivity index (χ3n) is 5.07.